The van der Waals surface area contributed by atoms with Crippen molar-refractivity contribution in [1.82, 2.24) is 14.6 Å². The highest BCUT2D eigenvalue weighted by atomic mass is 32.2. The van der Waals surface area contributed by atoms with E-state index < -0.39 is 26.1 Å². The minimum atomic E-state index is -3.75. The Hall–Kier alpha value is -2.70. The van der Waals surface area contributed by atoms with Crippen LogP contribution >= 0.6 is 0 Å². The van der Waals surface area contributed by atoms with Gasteiger partial charge in [0, 0.05) is 26.8 Å². The van der Waals surface area contributed by atoms with Gasteiger partial charge in [-0.3, -0.25) is 4.72 Å². The van der Waals surface area contributed by atoms with Gasteiger partial charge in [0.2, 0.25) is 20.0 Å². The molecule has 0 saturated carbocycles. The van der Waals surface area contributed by atoms with Gasteiger partial charge in [0.25, 0.3) is 0 Å². The number of amides is 2. The third kappa shape index (κ3) is 5.90. The van der Waals surface area contributed by atoms with E-state index >= 15 is 0 Å². The summed E-state index contributed by atoms with van der Waals surface area (Å²) >= 11 is 0. The van der Waals surface area contributed by atoms with Crippen molar-refractivity contribution in [2.24, 2.45) is 0 Å². The Morgan fingerprint density at radius 1 is 1.04 bits per heavy atom. The van der Waals surface area contributed by atoms with Crippen LogP contribution < -0.4 is 15.4 Å². The molecule has 0 spiro atoms. The van der Waals surface area contributed by atoms with Crippen molar-refractivity contribution in [3.05, 3.63) is 48.7 Å². The number of urea groups is 1. The van der Waals surface area contributed by atoms with E-state index in [4.69, 9.17) is 0 Å². The van der Waals surface area contributed by atoms with Gasteiger partial charge in [0.15, 0.2) is 0 Å². The number of rotatable bonds is 8. The lowest BCUT2D eigenvalue weighted by molar-refractivity contribution is 0.252. The fourth-order valence-electron chi connectivity index (χ4n) is 2.09. The minimum Gasteiger partial charge on any atom is -0.337 e. The molecule has 10 nitrogen and oxygen atoms in total. The first-order valence-electron chi connectivity index (χ1n) is 8.10. The highest BCUT2D eigenvalue weighted by molar-refractivity contribution is 7.92. The second-order valence-electron chi connectivity index (χ2n) is 5.80. The van der Waals surface area contributed by atoms with E-state index in [2.05, 4.69) is 20.3 Å². The fraction of sp³-hybridized carbons (Fsp3) is 0.250. The standard InChI is InChI=1S/C16H21N5O5S2/c1-21(2)28(25,26)14-8-4-3-7-13(14)19-16(22)18-11-12-27(23,24)20-15-9-5-6-10-17-15/h3-10H,11-12H2,1-2H3,(H,17,20)(H2,18,19,22). The van der Waals surface area contributed by atoms with Gasteiger partial charge in [-0.05, 0) is 24.3 Å². The van der Waals surface area contributed by atoms with Crippen molar-refractivity contribution >= 4 is 37.6 Å². The third-order valence-corrected chi connectivity index (χ3v) is 6.61. The molecule has 0 fully saturated rings. The molecule has 0 aliphatic carbocycles. The van der Waals surface area contributed by atoms with E-state index in [1.807, 2.05) is 0 Å². The maximum Gasteiger partial charge on any atom is 0.319 e. The molecular weight excluding hydrogens is 406 g/mol. The van der Waals surface area contributed by atoms with Gasteiger partial charge < -0.3 is 10.6 Å². The Bertz CT molecular complexity index is 1020. The molecule has 1 heterocycles. The molecule has 1 aromatic carbocycles. The van der Waals surface area contributed by atoms with Crippen molar-refractivity contribution in [1.29, 1.82) is 0 Å². The summed E-state index contributed by atoms with van der Waals surface area (Å²) in [6.07, 6.45) is 1.45. The number of aromatic nitrogens is 1. The Morgan fingerprint density at radius 2 is 1.71 bits per heavy atom. The molecule has 0 radical (unpaired) electrons. The van der Waals surface area contributed by atoms with Gasteiger partial charge in [-0.1, -0.05) is 18.2 Å². The molecule has 2 aromatic rings. The highest BCUT2D eigenvalue weighted by Gasteiger charge is 2.21. The molecular formula is C16H21N5O5S2. The molecule has 28 heavy (non-hydrogen) atoms. The molecule has 2 amide bonds. The van der Waals surface area contributed by atoms with E-state index in [1.165, 1.54) is 44.6 Å². The average molecular weight is 428 g/mol. The van der Waals surface area contributed by atoms with Crippen LogP contribution in [0.15, 0.2) is 53.6 Å². The minimum absolute atomic E-state index is 0.0698. The number of para-hydroxylation sites is 1. The van der Waals surface area contributed by atoms with Gasteiger partial charge in [0.1, 0.15) is 10.7 Å². The molecule has 0 aliphatic rings. The Balaban J connectivity index is 1.95. The smallest absolute Gasteiger partial charge is 0.319 e. The maximum absolute atomic E-state index is 12.3. The van der Waals surface area contributed by atoms with E-state index in [0.29, 0.717) is 0 Å². The van der Waals surface area contributed by atoms with Crippen LogP contribution in [-0.2, 0) is 20.0 Å². The van der Waals surface area contributed by atoms with Crippen molar-refractivity contribution in [3.63, 3.8) is 0 Å². The Labute approximate surface area is 164 Å². The van der Waals surface area contributed by atoms with E-state index in [-0.39, 0.29) is 28.7 Å². The summed E-state index contributed by atoms with van der Waals surface area (Å²) in [5.74, 6) is -0.205. The number of hydrogen-bond acceptors (Lipinski definition) is 6. The number of carbonyl (C=O) groups excluding carboxylic acids is 1. The van der Waals surface area contributed by atoms with Crippen molar-refractivity contribution < 1.29 is 21.6 Å². The molecule has 12 heteroatoms. The van der Waals surface area contributed by atoms with Crippen molar-refractivity contribution in [2.45, 2.75) is 4.90 Å². The number of hydrogen-bond donors (Lipinski definition) is 3. The molecule has 0 unspecified atom stereocenters. The second kappa shape index (κ2) is 8.99. The van der Waals surface area contributed by atoms with E-state index in [1.54, 1.807) is 18.2 Å². The molecule has 152 valence electrons. The van der Waals surface area contributed by atoms with Crippen LogP contribution in [0, 0.1) is 0 Å². The summed E-state index contributed by atoms with van der Waals surface area (Å²) < 4.78 is 51.9. The lowest BCUT2D eigenvalue weighted by atomic mass is 10.3. The van der Waals surface area contributed by atoms with Crippen LogP contribution in [0.3, 0.4) is 0 Å². The lowest BCUT2D eigenvalue weighted by Gasteiger charge is -2.16. The SMILES string of the molecule is CN(C)S(=O)(=O)c1ccccc1NC(=O)NCCS(=O)(=O)Nc1ccccn1. The molecule has 0 saturated heterocycles. The number of benzene rings is 1. The summed E-state index contributed by atoms with van der Waals surface area (Å²) in [4.78, 5) is 15.8. The fourth-order valence-corrected chi connectivity index (χ4v) is 4.04. The molecule has 1 aromatic heterocycles. The highest BCUT2D eigenvalue weighted by Crippen LogP contribution is 2.22. The van der Waals surface area contributed by atoms with Crippen LogP contribution in [-0.4, -0.2) is 58.5 Å². The summed E-state index contributed by atoms with van der Waals surface area (Å²) in [7, 11) is -4.70. The number of nitrogens with zero attached hydrogens (tertiary/aromatic N) is 2. The van der Waals surface area contributed by atoms with Gasteiger partial charge >= 0.3 is 6.03 Å². The molecule has 0 aliphatic heterocycles. The predicted molar refractivity (Wildman–Crippen MR) is 106 cm³/mol. The number of carbonyl (C=O) groups is 1. The number of sulfonamides is 2. The first kappa shape index (κ1) is 21.6. The molecule has 0 bridgehead atoms. The van der Waals surface area contributed by atoms with Crippen molar-refractivity contribution in [2.75, 3.05) is 36.4 Å². The average Bonchev–Trinajstić information content (AvgIpc) is 2.62. The van der Waals surface area contributed by atoms with Gasteiger partial charge in [-0.2, -0.15) is 0 Å². The lowest BCUT2D eigenvalue weighted by Crippen LogP contribution is -2.35. The van der Waals surface area contributed by atoms with Crippen molar-refractivity contribution in [3.8, 4) is 0 Å². The topological polar surface area (TPSA) is 138 Å². The van der Waals surface area contributed by atoms with Crippen LogP contribution in [0.25, 0.3) is 0 Å². The molecule has 2 rings (SSSR count). The number of anilines is 2. The van der Waals surface area contributed by atoms with Gasteiger partial charge in [-0.25, -0.2) is 30.9 Å². The van der Waals surface area contributed by atoms with Gasteiger partial charge in [-0.15, -0.1) is 0 Å². The zero-order chi connectivity index (χ0) is 20.8. The Morgan fingerprint density at radius 3 is 2.36 bits per heavy atom. The van der Waals surface area contributed by atoms with E-state index in [0.717, 1.165) is 4.31 Å². The van der Waals surface area contributed by atoms with Gasteiger partial charge in [0.05, 0.1) is 11.4 Å². The Kier molecular flexibility index (Phi) is 6.94. The third-order valence-electron chi connectivity index (χ3n) is 3.48. The largest absolute Gasteiger partial charge is 0.337 e. The zero-order valence-electron chi connectivity index (χ0n) is 15.3. The maximum atomic E-state index is 12.3. The number of nitrogens with one attached hydrogen (secondary N) is 3. The monoisotopic (exact) mass is 427 g/mol. The summed E-state index contributed by atoms with van der Waals surface area (Å²) in [5.41, 5.74) is 0.0863. The van der Waals surface area contributed by atoms with Crippen LogP contribution in [0.5, 0.6) is 0 Å². The summed E-state index contributed by atoms with van der Waals surface area (Å²) in [5, 5.41) is 4.81. The normalized spacial score (nSPS) is 11.8. The van der Waals surface area contributed by atoms with Crippen LogP contribution in [0.4, 0.5) is 16.3 Å². The zero-order valence-corrected chi connectivity index (χ0v) is 16.9. The first-order valence-corrected chi connectivity index (χ1v) is 11.2. The second-order valence-corrected chi connectivity index (χ2v) is 9.76. The number of pyridine rings is 1. The summed E-state index contributed by atoms with van der Waals surface area (Å²) in [6.45, 7) is -0.184. The first-order chi connectivity index (χ1) is 13.1. The van der Waals surface area contributed by atoms with E-state index in [9.17, 15) is 21.6 Å². The van der Waals surface area contributed by atoms with Crippen LogP contribution in [0.2, 0.25) is 0 Å². The predicted octanol–water partition coefficient (Wildman–Crippen LogP) is 0.895. The molecule has 0 atom stereocenters. The summed E-state index contributed by atoms with van der Waals surface area (Å²) in [6, 6.07) is 9.98. The molecule has 3 N–H and O–H groups in total. The van der Waals surface area contributed by atoms with Crippen LogP contribution in [0.1, 0.15) is 0 Å². The quantitative estimate of drug-likeness (QED) is 0.572.